The van der Waals surface area contributed by atoms with Crippen molar-refractivity contribution in [3.8, 4) is 11.8 Å². The van der Waals surface area contributed by atoms with Gasteiger partial charge in [-0.2, -0.15) is 22.7 Å². The van der Waals surface area contributed by atoms with Crippen molar-refractivity contribution in [1.29, 1.82) is 5.26 Å². The van der Waals surface area contributed by atoms with Gasteiger partial charge in [0.2, 0.25) is 0 Å². The number of halogens is 3. The van der Waals surface area contributed by atoms with E-state index in [4.69, 9.17) is 5.26 Å². The van der Waals surface area contributed by atoms with Gasteiger partial charge in [-0.1, -0.05) is 29.8 Å². The zero-order valence-electron chi connectivity index (χ0n) is 19.3. The number of benzene rings is 3. The van der Waals surface area contributed by atoms with Crippen molar-refractivity contribution in [3.63, 3.8) is 0 Å². The molecule has 8 nitrogen and oxygen atoms in total. The molecule has 4 rings (SSSR count). The molecule has 1 N–H and O–H groups in total. The molecule has 1 fully saturated rings. The SMILES string of the molecule is Cc1ccc(S(=O)(=O)N2C(=O)N(c3ccc(C#N)c(C(F)(F)F)c3)C(=O)C2(C)c2ccc(O)cc2)cc1. The molecule has 12 heteroatoms. The quantitative estimate of drug-likeness (QED) is 0.491. The zero-order valence-corrected chi connectivity index (χ0v) is 20.1. The standard InChI is InChI=1S/C25H18F3N3O5S/c1-15-3-11-20(12-4-15)37(35,36)31-23(34)30(18-8-5-16(14-29)21(13-18)25(26,27)28)22(33)24(31,2)17-6-9-19(32)10-7-17/h3-13,32H,1-2H3. The van der Waals surface area contributed by atoms with Crippen molar-refractivity contribution in [2.24, 2.45) is 0 Å². The molecule has 0 bridgehead atoms. The van der Waals surface area contributed by atoms with E-state index in [2.05, 4.69) is 0 Å². The summed E-state index contributed by atoms with van der Waals surface area (Å²) in [4.78, 5) is 27.4. The van der Waals surface area contributed by atoms with Gasteiger partial charge in [-0.15, -0.1) is 0 Å². The number of phenols is 1. The molecule has 0 radical (unpaired) electrons. The van der Waals surface area contributed by atoms with Crippen molar-refractivity contribution in [2.75, 3.05) is 4.90 Å². The minimum absolute atomic E-state index is 0.00785. The number of sulfonamides is 1. The Bertz CT molecular complexity index is 1560. The first-order chi connectivity index (χ1) is 17.2. The summed E-state index contributed by atoms with van der Waals surface area (Å²) in [7, 11) is -4.71. The number of alkyl halides is 3. The Morgan fingerprint density at radius 2 is 1.57 bits per heavy atom. The van der Waals surface area contributed by atoms with E-state index in [1.807, 2.05) is 0 Å². The number of nitriles is 1. The summed E-state index contributed by atoms with van der Waals surface area (Å²) in [5.41, 5.74) is -4.19. The number of anilines is 1. The van der Waals surface area contributed by atoms with E-state index in [1.54, 1.807) is 6.92 Å². The topological polar surface area (TPSA) is 119 Å². The average molecular weight is 529 g/mol. The molecule has 1 heterocycles. The van der Waals surface area contributed by atoms with Gasteiger partial charge in [-0.05, 0) is 61.9 Å². The smallest absolute Gasteiger partial charge is 0.417 e. The average Bonchev–Trinajstić information content (AvgIpc) is 3.04. The van der Waals surface area contributed by atoms with E-state index in [-0.39, 0.29) is 16.2 Å². The van der Waals surface area contributed by atoms with Gasteiger partial charge in [0.05, 0.1) is 27.8 Å². The van der Waals surface area contributed by atoms with Crippen molar-refractivity contribution in [1.82, 2.24) is 4.31 Å². The largest absolute Gasteiger partial charge is 0.508 e. The highest BCUT2D eigenvalue weighted by atomic mass is 32.2. The Kier molecular flexibility index (Phi) is 6.00. The van der Waals surface area contributed by atoms with Gasteiger partial charge in [-0.25, -0.2) is 18.1 Å². The third-order valence-electron chi connectivity index (χ3n) is 6.07. The molecule has 3 aromatic rings. The first-order valence-corrected chi connectivity index (χ1v) is 12.1. The number of hydrogen-bond acceptors (Lipinski definition) is 6. The van der Waals surface area contributed by atoms with Gasteiger partial charge in [0.15, 0.2) is 5.54 Å². The maximum atomic E-state index is 13.8. The number of aromatic hydroxyl groups is 1. The minimum Gasteiger partial charge on any atom is -0.508 e. The molecule has 0 aromatic heterocycles. The van der Waals surface area contributed by atoms with E-state index in [9.17, 15) is 36.3 Å². The van der Waals surface area contributed by atoms with Crippen LogP contribution >= 0.6 is 0 Å². The fourth-order valence-electron chi connectivity index (χ4n) is 4.09. The Balaban J connectivity index is 1.97. The number of amides is 3. The van der Waals surface area contributed by atoms with Gasteiger partial charge < -0.3 is 5.11 Å². The lowest BCUT2D eigenvalue weighted by molar-refractivity contribution is -0.137. The van der Waals surface area contributed by atoms with Gasteiger partial charge in [0.25, 0.3) is 15.9 Å². The highest BCUT2D eigenvalue weighted by Crippen LogP contribution is 2.44. The monoisotopic (exact) mass is 529 g/mol. The maximum Gasteiger partial charge on any atom is 0.417 e. The van der Waals surface area contributed by atoms with Crippen LogP contribution in [0.2, 0.25) is 0 Å². The number of imide groups is 1. The molecule has 3 aromatic carbocycles. The Hall–Kier alpha value is -4.37. The number of nitrogens with zero attached hydrogens (tertiary/aromatic N) is 3. The van der Waals surface area contributed by atoms with E-state index >= 15 is 0 Å². The highest BCUT2D eigenvalue weighted by molar-refractivity contribution is 7.89. The lowest BCUT2D eigenvalue weighted by atomic mass is 9.91. The predicted molar refractivity (Wildman–Crippen MR) is 125 cm³/mol. The summed E-state index contributed by atoms with van der Waals surface area (Å²) in [5.74, 6) is -1.34. The molecule has 1 aliphatic heterocycles. The van der Waals surface area contributed by atoms with Gasteiger partial charge >= 0.3 is 12.2 Å². The summed E-state index contributed by atoms with van der Waals surface area (Å²) >= 11 is 0. The Morgan fingerprint density at radius 1 is 0.973 bits per heavy atom. The number of hydrogen-bond donors (Lipinski definition) is 1. The molecule has 37 heavy (non-hydrogen) atoms. The lowest BCUT2D eigenvalue weighted by Gasteiger charge is -2.31. The van der Waals surface area contributed by atoms with Crippen LogP contribution < -0.4 is 4.90 Å². The summed E-state index contributed by atoms with van der Waals surface area (Å²) in [6, 6.07) is 12.5. The number of rotatable bonds is 4. The summed E-state index contributed by atoms with van der Waals surface area (Å²) < 4.78 is 68.6. The molecule has 0 saturated carbocycles. The Labute approximate surface area is 209 Å². The third-order valence-corrected chi connectivity index (χ3v) is 7.94. The van der Waals surface area contributed by atoms with Crippen LogP contribution in [-0.2, 0) is 26.5 Å². The van der Waals surface area contributed by atoms with E-state index in [1.165, 1.54) is 54.6 Å². The second-order valence-corrected chi connectivity index (χ2v) is 10.3. The van der Waals surface area contributed by atoms with E-state index in [0.29, 0.717) is 15.3 Å². The van der Waals surface area contributed by atoms with Gasteiger partial charge in [-0.3, -0.25) is 4.79 Å². The second-order valence-electron chi connectivity index (χ2n) is 8.46. The van der Waals surface area contributed by atoms with Crippen molar-refractivity contribution < 1.29 is 36.3 Å². The molecule has 1 saturated heterocycles. The molecule has 1 aliphatic rings. The van der Waals surface area contributed by atoms with Gasteiger partial charge in [0.1, 0.15) is 5.75 Å². The van der Waals surface area contributed by atoms with Gasteiger partial charge in [0, 0.05) is 0 Å². The van der Waals surface area contributed by atoms with Crippen molar-refractivity contribution in [2.45, 2.75) is 30.5 Å². The maximum absolute atomic E-state index is 13.8. The number of aryl methyl sites for hydroxylation is 1. The molecule has 3 amide bonds. The summed E-state index contributed by atoms with van der Waals surface area (Å²) in [6.45, 7) is 2.87. The molecule has 0 spiro atoms. The number of phenolic OH excluding ortho intramolecular Hbond substituents is 1. The predicted octanol–water partition coefficient (Wildman–Crippen LogP) is 4.66. The van der Waals surface area contributed by atoms with Crippen LogP contribution in [0.15, 0.2) is 71.6 Å². The number of carbonyl (C=O) groups is 2. The normalized spacial score (nSPS) is 18.3. The van der Waals surface area contributed by atoms with Crippen LogP contribution in [0.1, 0.15) is 29.2 Å². The summed E-state index contributed by atoms with van der Waals surface area (Å²) in [5, 5.41) is 18.8. The first kappa shape index (κ1) is 25.7. The van der Waals surface area contributed by atoms with E-state index in [0.717, 1.165) is 24.6 Å². The van der Waals surface area contributed by atoms with Crippen LogP contribution in [0, 0.1) is 18.3 Å². The van der Waals surface area contributed by atoms with Crippen LogP contribution in [0.3, 0.4) is 0 Å². The van der Waals surface area contributed by atoms with Crippen molar-refractivity contribution >= 4 is 27.6 Å². The lowest BCUT2D eigenvalue weighted by Crippen LogP contribution is -2.47. The fourth-order valence-corrected chi connectivity index (χ4v) is 5.73. The molecule has 190 valence electrons. The van der Waals surface area contributed by atoms with Crippen LogP contribution in [0.25, 0.3) is 0 Å². The third kappa shape index (κ3) is 4.07. The van der Waals surface area contributed by atoms with Crippen molar-refractivity contribution in [3.05, 3.63) is 89.0 Å². The van der Waals surface area contributed by atoms with Crippen LogP contribution in [0.4, 0.5) is 23.7 Å². The molecule has 1 atom stereocenters. The van der Waals surface area contributed by atoms with Crippen LogP contribution in [0.5, 0.6) is 5.75 Å². The Morgan fingerprint density at radius 3 is 2.11 bits per heavy atom. The summed E-state index contributed by atoms with van der Waals surface area (Å²) in [6.07, 6.45) is -4.99. The zero-order chi connectivity index (χ0) is 27.3. The molecular weight excluding hydrogens is 511 g/mol. The molecule has 1 unspecified atom stereocenters. The first-order valence-electron chi connectivity index (χ1n) is 10.6. The van der Waals surface area contributed by atoms with Crippen LogP contribution in [-0.4, -0.2) is 29.8 Å². The highest BCUT2D eigenvalue weighted by Gasteiger charge is 2.61. The fraction of sp³-hybridized carbons (Fsp3) is 0.160. The molecular formula is C25H18F3N3O5S. The minimum atomic E-state index is -4.99. The van der Waals surface area contributed by atoms with E-state index < -0.39 is 50.5 Å². The number of carbonyl (C=O) groups excluding carboxylic acids is 2. The number of urea groups is 1. The second kappa shape index (κ2) is 8.63. The molecule has 0 aliphatic carbocycles.